The maximum absolute atomic E-state index is 12.6. The first-order valence-electron chi connectivity index (χ1n) is 9.73. The molecule has 1 aliphatic rings. The van der Waals surface area contributed by atoms with Crippen molar-refractivity contribution in [1.82, 2.24) is 0 Å². The summed E-state index contributed by atoms with van der Waals surface area (Å²) in [5.74, 6) is -0.594. The molecule has 3 aromatic rings. The van der Waals surface area contributed by atoms with E-state index in [-0.39, 0.29) is 11.8 Å². The predicted molar refractivity (Wildman–Crippen MR) is 111 cm³/mol. The normalized spacial score (nSPS) is 19.3. The summed E-state index contributed by atoms with van der Waals surface area (Å²) in [4.78, 5) is 23.7. The highest BCUT2D eigenvalue weighted by Gasteiger charge is 2.26. The third-order valence-electron chi connectivity index (χ3n) is 5.73. The highest BCUT2D eigenvalue weighted by Crippen LogP contribution is 2.36. The average Bonchev–Trinajstić information content (AvgIpc) is 2.74. The molecule has 2 N–H and O–H groups in total. The number of nitrogens with one attached hydrogen (secondary N) is 1. The number of carbonyl (C=O) groups is 2. The molecule has 0 bridgehead atoms. The van der Waals surface area contributed by atoms with Crippen LogP contribution in [0.25, 0.3) is 10.8 Å². The minimum atomic E-state index is -0.676. The number of hydrogen-bond acceptors (Lipinski definition) is 2. The molecule has 1 fully saturated rings. The van der Waals surface area contributed by atoms with E-state index in [0.29, 0.717) is 11.5 Å². The summed E-state index contributed by atoms with van der Waals surface area (Å²) in [6, 6.07) is 21.6. The third-order valence-corrected chi connectivity index (χ3v) is 5.73. The first-order valence-corrected chi connectivity index (χ1v) is 9.73. The van der Waals surface area contributed by atoms with E-state index in [1.165, 1.54) is 5.56 Å². The third kappa shape index (κ3) is 3.91. The molecule has 3 aromatic carbocycles. The fourth-order valence-corrected chi connectivity index (χ4v) is 4.05. The van der Waals surface area contributed by atoms with Crippen molar-refractivity contribution in [3.63, 3.8) is 0 Å². The Kier molecular flexibility index (Phi) is 5.11. The Morgan fingerprint density at radius 3 is 2.18 bits per heavy atom. The lowest BCUT2D eigenvalue weighted by Gasteiger charge is -2.26. The molecule has 4 nitrogen and oxygen atoms in total. The van der Waals surface area contributed by atoms with Crippen molar-refractivity contribution in [2.45, 2.75) is 31.6 Å². The second kappa shape index (κ2) is 7.85. The highest BCUT2D eigenvalue weighted by molar-refractivity contribution is 6.06. The number of amides is 1. The van der Waals surface area contributed by atoms with Gasteiger partial charge in [-0.2, -0.15) is 0 Å². The molecule has 0 radical (unpaired) electrons. The number of fused-ring (bicyclic) bond motifs is 1. The van der Waals surface area contributed by atoms with Crippen LogP contribution in [0.4, 0.5) is 5.69 Å². The van der Waals surface area contributed by atoms with Gasteiger partial charge in [0, 0.05) is 11.3 Å². The summed E-state index contributed by atoms with van der Waals surface area (Å²) < 4.78 is 0. The SMILES string of the molecule is O=C(Nc1ccc(C2CCC(C(=O)O)CC2)cc1)c1ccc2ccccc2c1. The summed E-state index contributed by atoms with van der Waals surface area (Å²) in [5.41, 5.74) is 2.61. The Balaban J connectivity index is 1.41. The van der Waals surface area contributed by atoms with Gasteiger partial charge >= 0.3 is 5.97 Å². The molecule has 28 heavy (non-hydrogen) atoms. The summed E-state index contributed by atoms with van der Waals surface area (Å²) in [7, 11) is 0. The summed E-state index contributed by atoms with van der Waals surface area (Å²) in [5, 5.41) is 14.2. The maximum Gasteiger partial charge on any atom is 0.306 e. The van der Waals surface area contributed by atoms with Gasteiger partial charge in [0.15, 0.2) is 0 Å². The van der Waals surface area contributed by atoms with Crippen LogP contribution in [-0.4, -0.2) is 17.0 Å². The molecule has 0 unspecified atom stereocenters. The second-order valence-electron chi connectivity index (χ2n) is 7.52. The first-order chi connectivity index (χ1) is 13.6. The van der Waals surface area contributed by atoms with E-state index in [4.69, 9.17) is 5.11 Å². The van der Waals surface area contributed by atoms with Crippen LogP contribution < -0.4 is 5.32 Å². The van der Waals surface area contributed by atoms with Gasteiger partial charge in [0.25, 0.3) is 5.91 Å². The molecule has 4 heteroatoms. The topological polar surface area (TPSA) is 66.4 Å². The average molecular weight is 373 g/mol. The number of hydrogen-bond donors (Lipinski definition) is 2. The van der Waals surface area contributed by atoms with Crippen LogP contribution in [0.1, 0.15) is 47.5 Å². The maximum atomic E-state index is 12.6. The molecule has 0 aromatic heterocycles. The Labute approximate surface area is 164 Å². The van der Waals surface area contributed by atoms with Gasteiger partial charge in [-0.15, -0.1) is 0 Å². The van der Waals surface area contributed by atoms with Gasteiger partial charge in [-0.25, -0.2) is 0 Å². The van der Waals surface area contributed by atoms with E-state index in [9.17, 15) is 9.59 Å². The minimum Gasteiger partial charge on any atom is -0.481 e. The van der Waals surface area contributed by atoms with Crippen LogP contribution in [0.5, 0.6) is 0 Å². The van der Waals surface area contributed by atoms with Gasteiger partial charge in [0.1, 0.15) is 0 Å². The van der Waals surface area contributed by atoms with Crippen LogP contribution in [0.2, 0.25) is 0 Å². The summed E-state index contributed by atoms with van der Waals surface area (Å²) in [6.07, 6.45) is 3.28. The standard InChI is InChI=1S/C24H23NO3/c26-23(21-10-7-16-3-1-2-4-20(16)15-21)25-22-13-11-18(12-14-22)17-5-8-19(9-6-17)24(27)28/h1-4,7,10-15,17,19H,5-6,8-9H2,(H,25,26)(H,27,28). The highest BCUT2D eigenvalue weighted by atomic mass is 16.4. The Hall–Kier alpha value is -3.14. The van der Waals surface area contributed by atoms with E-state index in [2.05, 4.69) is 5.32 Å². The molecule has 142 valence electrons. The van der Waals surface area contributed by atoms with Crippen LogP contribution in [-0.2, 0) is 4.79 Å². The smallest absolute Gasteiger partial charge is 0.306 e. The van der Waals surface area contributed by atoms with Crippen molar-refractivity contribution in [2.75, 3.05) is 5.32 Å². The van der Waals surface area contributed by atoms with Crippen molar-refractivity contribution < 1.29 is 14.7 Å². The molecule has 0 spiro atoms. The van der Waals surface area contributed by atoms with Crippen LogP contribution >= 0.6 is 0 Å². The summed E-state index contributed by atoms with van der Waals surface area (Å²) >= 11 is 0. The van der Waals surface area contributed by atoms with Crippen molar-refractivity contribution in [3.8, 4) is 0 Å². The number of carboxylic acid groups (broad SMARTS) is 1. The zero-order chi connectivity index (χ0) is 19.5. The van der Waals surface area contributed by atoms with Gasteiger partial charge in [-0.05, 0) is 72.2 Å². The lowest BCUT2D eigenvalue weighted by Crippen LogP contribution is -2.20. The number of aliphatic carboxylic acids is 1. The molecule has 0 heterocycles. The van der Waals surface area contributed by atoms with Gasteiger partial charge in [0.2, 0.25) is 0 Å². The van der Waals surface area contributed by atoms with E-state index >= 15 is 0 Å². The Morgan fingerprint density at radius 2 is 1.50 bits per heavy atom. The van der Waals surface area contributed by atoms with E-state index in [1.54, 1.807) is 0 Å². The molecular formula is C24H23NO3. The number of carboxylic acids is 1. The number of rotatable bonds is 4. The summed E-state index contributed by atoms with van der Waals surface area (Å²) in [6.45, 7) is 0. The van der Waals surface area contributed by atoms with Gasteiger partial charge in [-0.1, -0.05) is 42.5 Å². The van der Waals surface area contributed by atoms with E-state index < -0.39 is 5.97 Å². The fraction of sp³-hybridized carbons (Fsp3) is 0.250. The molecule has 1 aliphatic carbocycles. The molecule has 0 atom stereocenters. The molecule has 0 saturated heterocycles. The van der Waals surface area contributed by atoms with Crippen LogP contribution in [0.15, 0.2) is 66.7 Å². The van der Waals surface area contributed by atoms with Gasteiger partial charge < -0.3 is 10.4 Å². The first kappa shape index (κ1) is 18.2. The number of benzene rings is 3. The van der Waals surface area contributed by atoms with E-state index in [0.717, 1.165) is 42.1 Å². The predicted octanol–water partition coefficient (Wildman–Crippen LogP) is 5.45. The van der Waals surface area contributed by atoms with Crippen molar-refractivity contribution in [1.29, 1.82) is 0 Å². The van der Waals surface area contributed by atoms with Crippen molar-refractivity contribution in [3.05, 3.63) is 77.9 Å². The van der Waals surface area contributed by atoms with E-state index in [1.807, 2.05) is 66.7 Å². The Bertz CT molecular complexity index is 1000. The quantitative estimate of drug-likeness (QED) is 0.639. The lowest BCUT2D eigenvalue weighted by atomic mass is 9.79. The molecule has 0 aliphatic heterocycles. The fourth-order valence-electron chi connectivity index (χ4n) is 4.05. The van der Waals surface area contributed by atoms with Crippen LogP contribution in [0, 0.1) is 5.92 Å². The second-order valence-corrected chi connectivity index (χ2v) is 7.52. The molecular weight excluding hydrogens is 350 g/mol. The van der Waals surface area contributed by atoms with Gasteiger partial charge in [-0.3, -0.25) is 9.59 Å². The minimum absolute atomic E-state index is 0.125. The zero-order valence-electron chi connectivity index (χ0n) is 15.6. The molecule has 1 saturated carbocycles. The number of carbonyl (C=O) groups excluding carboxylic acids is 1. The van der Waals surface area contributed by atoms with Gasteiger partial charge in [0.05, 0.1) is 5.92 Å². The zero-order valence-corrected chi connectivity index (χ0v) is 15.6. The molecule has 4 rings (SSSR count). The Morgan fingerprint density at radius 1 is 0.821 bits per heavy atom. The number of anilines is 1. The van der Waals surface area contributed by atoms with Crippen molar-refractivity contribution in [2.24, 2.45) is 5.92 Å². The molecule has 1 amide bonds. The van der Waals surface area contributed by atoms with Crippen LogP contribution in [0.3, 0.4) is 0 Å². The van der Waals surface area contributed by atoms with Crippen molar-refractivity contribution >= 4 is 28.3 Å². The monoisotopic (exact) mass is 373 g/mol. The lowest BCUT2D eigenvalue weighted by molar-refractivity contribution is -0.142. The largest absolute Gasteiger partial charge is 0.481 e.